The van der Waals surface area contributed by atoms with Crippen molar-refractivity contribution in [3.63, 3.8) is 0 Å². The van der Waals surface area contributed by atoms with Gasteiger partial charge in [-0.1, -0.05) is 12.5 Å². The highest BCUT2D eigenvalue weighted by Crippen LogP contribution is 2.04. The Kier molecular flexibility index (Phi) is 6.50. The molecule has 0 saturated carbocycles. The van der Waals surface area contributed by atoms with Gasteiger partial charge in [0.1, 0.15) is 0 Å². The van der Waals surface area contributed by atoms with Crippen molar-refractivity contribution in [1.29, 1.82) is 0 Å². The monoisotopic (exact) mass is 218 g/mol. The normalized spacial score (nSPS) is 12.3. The third-order valence-corrected chi connectivity index (χ3v) is 2.70. The van der Waals surface area contributed by atoms with Gasteiger partial charge >= 0.3 is 0 Å². The van der Waals surface area contributed by atoms with Crippen LogP contribution in [0.5, 0.6) is 0 Å². The molecule has 2 nitrogen and oxygen atoms in total. The van der Waals surface area contributed by atoms with Crippen LogP contribution in [0.4, 0.5) is 0 Å². The first-order valence-corrected chi connectivity index (χ1v) is 6.06. The van der Waals surface area contributed by atoms with Crippen LogP contribution in [0.15, 0.2) is 37.2 Å². The number of allylic oxidation sites excluding steroid dienone is 1. The smallest absolute Gasteiger partial charge is 0.0271 e. The first-order chi connectivity index (χ1) is 7.83. The van der Waals surface area contributed by atoms with Crippen LogP contribution in [0.1, 0.15) is 38.2 Å². The Labute approximate surface area is 98.8 Å². The van der Waals surface area contributed by atoms with E-state index in [1.165, 1.54) is 24.8 Å². The summed E-state index contributed by atoms with van der Waals surface area (Å²) in [5.41, 5.74) is 1.30. The van der Waals surface area contributed by atoms with E-state index < -0.39 is 0 Å². The summed E-state index contributed by atoms with van der Waals surface area (Å²) in [6, 6.07) is 4.69. The molecule has 1 rings (SSSR count). The standard InChI is InChI=1S/C14H22N2/c1-3-4-5-6-7-13(2)16-12-14-8-10-15-11-9-14/h3,8-11,13,16H,1,4-7,12H2,2H3. The topological polar surface area (TPSA) is 24.9 Å². The van der Waals surface area contributed by atoms with E-state index >= 15 is 0 Å². The van der Waals surface area contributed by atoms with Gasteiger partial charge < -0.3 is 5.32 Å². The van der Waals surface area contributed by atoms with Crippen LogP contribution in [-0.2, 0) is 6.54 Å². The summed E-state index contributed by atoms with van der Waals surface area (Å²) in [7, 11) is 0. The van der Waals surface area contributed by atoms with Crippen LogP contribution >= 0.6 is 0 Å². The lowest BCUT2D eigenvalue weighted by atomic mass is 10.1. The molecule has 1 aromatic rings. The van der Waals surface area contributed by atoms with Gasteiger partial charge in [0.25, 0.3) is 0 Å². The zero-order chi connectivity index (χ0) is 11.6. The van der Waals surface area contributed by atoms with E-state index in [1.54, 1.807) is 0 Å². The fraction of sp³-hybridized carbons (Fsp3) is 0.500. The molecule has 0 aromatic carbocycles. The zero-order valence-electron chi connectivity index (χ0n) is 10.2. The summed E-state index contributed by atoms with van der Waals surface area (Å²) in [4.78, 5) is 4.01. The number of hydrogen-bond acceptors (Lipinski definition) is 2. The SMILES string of the molecule is C=CCCCCC(C)NCc1ccncc1. The van der Waals surface area contributed by atoms with Gasteiger partial charge in [0, 0.05) is 25.0 Å². The van der Waals surface area contributed by atoms with Crippen molar-refractivity contribution in [2.45, 2.75) is 45.2 Å². The number of hydrogen-bond donors (Lipinski definition) is 1. The Hall–Kier alpha value is -1.15. The summed E-state index contributed by atoms with van der Waals surface area (Å²) < 4.78 is 0. The molecule has 0 bridgehead atoms. The second kappa shape index (κ2) is 8.05. The number of aromatic nitrogens is 1. The highest BCUT2D eigenvalue weighted by Gasteiger charge is 2.00. The van der Waals surface area contributed by atoms with E-state index in [0.717, 1.165) is 13.0 Å². The van der Waals surface area contributed by atoms with Gasteiger partial charge in [-0.05, 0) is 43.9 Å². The first kappa shape index (κ1) is 12.9. The average Bonchev–Trinajstić information content (AvgIpc) is 2.33. The molecule has 1 aromatic heterocycles. The van der Waals surface area contributed by atoms with Crippen molar-refractivity contribution in [1.82, 2.24) is 10.3 Å². The van der Waals surface area contributed by atoms with Gasteiger partial charge in [0.05, 0.1) is 0 Å². The maximum atomic E-state index is 4.01. The largest absolute Gasteiger partial charge is 0.310 e. The van der Waals surface area contributed by atoms with Crippen molar-refractivity contribution in [2.75, 3.05) is 0 Å². The molecule has 1 unspecified atom stereocenters. The molecule has 0 fully saturated rings. The van der Waals surface area contributed by atoms with E-state index in [-0.39, 0.29) is 0 Å². The Bertz CT molecular complexity index is 282. The van der Waals surface area contributed by atoms with Crippen molar-refractivity contribution >= 4 is 0 Å². The van der Waals surface area contributed by atoms with E-state index in [4.69, 9.17) is 0 Å². The van der Waals surface area contributed by atoms with Crippen LogP contribution in [0.3, 0.4) is 0 Å². The summed E-state index contributed by atoms with van der Waals surface area (Å²) in [5, 5.41) is 3.52. The fourth-order valence-electron chi connectivity index (χ4n) is 1.63. The Balaban J connectivity index is 2.10. The predicted octanol–water partition coefficient (Wildman–Crippen LogP) is 3.31. The lowest BCUT2D eigenvalue weighted by molar-refractivity contribution is 0.490. The lowest BCUT2D eigenvalue weighted by Gasteiger charge is -2.13. The summed E-state index contributed by atoms with van der Waals surface area (Å²) in [6.07, 6.45) is 10.6. The van der Waals surface area contributed by atoms with Gasteiger partial charge in [-0.3, -0.25) is 4.98 Å². The third-order valence-electron chi connectivity index (χ3n) is 2.70. The third kappa shape index (κ3) is 5.66. The molecule has 0 saturated heterocycles. The Morgan fingerprint density at radius 2 is 2.12 bits per heavy atom. The minimum absolute atomic E-state index is 0.581. The quantitative estimate of drug-likeness (QED) is 0.535. The van der Waals surface area contributed by atoms with Crippen molar-refractivity contribution in [2.24, 2.45) is 0 Å². The summed E-state index contributed by atoms with van der Waals surface area (Å²) in [5.74, 6) is 0. The summed E-state index contributed by atoms with van der Waals surface area (Å²) in [6.45, 7) is 6.91. The molecular weight excluding hydrogens is 196 g/mol. The molecule has 0 spiro atoms. The van der Waals surface area contributed by atoms with Crippen LogP contribution in [0.2, 0.25) is 0 Å². The second-order valence-corrected chi connectivity index (χ2v) is 4.21. The maximum absolute atomic E-state index is 4.01. The molecule has 1 N–H and O–H groups in total. The Morgan fingerprint density at radius 3 is 2.81 bits per heavy atom. The molecule has 0 aliphatic heterocycles. The van der Waals surface area contributed by atoms with Gasteiger partial charge in [-0.2, -0.15) is 0 Å². The molecule has 16 heavy (non-hydrogen) atoms. The maximum Gasteiger partial charge on any atom is 0.0271 e. The molecule has 88 valence electrons. The number of rotatable bonds is 8. The predicted molar refractivity (Wildman–Crippen MR) is 69.2 cm³/mol. The van der Waals surface area contributed by atoms with E-state index in [0.29, 0.717) is 6.04 Å². The van der Waals surface area contributed by atoms with Crippen LogP contribution in [-0.4, -0.2) is 11.0 Å². The van der Waals surface area contributed by atoms with Crippen LogP contribution < -0.4 is 5.32 Å². The zero-order valence-corrected chi connectivity index (χ0v) is 10.2. The van der Waals surface area contributed by atoms with Crippen molar-refractivity contribution in [3.8, 4) is 0 Å². The highest BCUT2D eigenvalue weighted by molar-refractivity contribution is 5.09. The molecule has 1 atom stereocenters. The highest BCUT2D eigenvalue weighted by atomic mass is 14.9. The minimum Gasteiger partial charge on any atom is -0.310 e. The molecule has 1 heterocycles. The number of unbranched alkanes of at least 4 members (excludes halogenated alkanes) is 2. The molecule has 0 aliphatic carbocycles. The Morgan fingerprint density at radius 1 is 1.38 bits per heavy atom. The van der Waals surface area contributed by atoms with Crippen molar-refractivity contribution in [3.05, 3.63) is 42.7 Å². The van der Waals surface area contributed by atoms with E-state index in [1.807, 2.05) is 18.5 Å². The van der Waals surface area contributed by atoms with Crippen LogP contribution in [0, 0.1) is 0 Å². The molecule has 0 amide bonds. The molecular formula is C14H22N2. The van der Waals surface area contributed by atoms with Gasteiger partial charge in [0.15, 0.2) is 0 Å². The number of nitrogens with zero attached hydrogens (tertiary/aromatic N) is 1. The average molecular weight is 218 g/mol. The number of pyridine rings is 1. The van der Waals surface area contributed by atoms with E-state index in [2.05, 4.69) is 35.9 Å². The van der Waals surface area contributed by atoms with Gasteiger partial charge in [-0.25, -0.2) is 0 Å². The first-order valence-electron chi connectivity index (χ1n) is 6.06. The summed E-state index contributed by atoms with van der Waals surface area (Å²) >= 11 is 0. The van der Waals surface area contributed by atoms with Gasteiger partial charge in [0.2, 0.25) is 0 Å². The van der Waals surface area contributed by atoms with Crippen molar-refractivity contribution < 1.29 is 0 Å². The number of nitrogens with one attached hydrogen (secondary N) is 1. The molecule has 2 heteroatoms. The fourth-order valence-corrected chi connectivity index (χ4v) is 1.63. The van der Waals surface area contributed by atoms with Crippen LogP contribution in [0.25, 0.3) is 0 Å². The van der Waals surface area contributed by atoms with Gasteiger partial charge in [-0.15, -0.1) is 6.58 Å². The lowest BCUT2D eigenvalue weighted by Crippen LogP contribution is -2.25. The molecule has 0 radical (unpaired) electrons. The second-order valence-electron chi connectivity index (χ2n) is 4.21. The minimum atomic E-state index is 0.581. The molecule has 0 aliphatic rings. The van der Waals surface area contributed by atoms with E-state index in [9.17, 15) is 0 Å².